The molecule has 3 amide bonds. The van der Waals surface area contributed by atoms with Crippen LogP contribution in [-0.2, 0) is 20.9 Å². The molecule has 0 aliphatic carbocycles. The van der Waals surface area contributed by atoms with Crippen molar-refractivity contribution in [3.8, 4) is 0 Å². The van der Waals surface area contributed by atoms with E-state index >= 15 is 0 Å². The van der Waals surface area contributed by atoms with Crippen LogP contribution in [-0.4, -0.2) is 30.0 Å². The van der Waals surface area contributed by atoms with Crippen LogP contribution >= 0.6 is 0 Å². The Kier molecular flexibility index (Phi) is 8.91. The van der Waals surface area contributed by atoms with Gasteiger partial charge in [-0.2, -0.15) is 0 Å². The number of allylic oxidation sites excluding steroid dienone is 1. The summed E-state index contributed by atoms with van der Waals surface area (Å²) in [6.07, 6.45) is 1.83. The molecule has 0 aliphatic heterocycles. The molecule has 0 spiro atoms. The van der Waals surface area contributed by atoms with Gasteiger partial charge < -0.3 is 21.1 Å². The fraction of sp³-hybridized carbons (Fsp3) is 0.421. The average Bonchev–Trinajstić information content (AvgIpc) is 2.61. The van der Waals surface area contributed by atoms with Crippen molar-refractivity contribution in [3.05, 3.63) is 48.6 Å². The van der Waals surface area contributed by atoms with Crippen molar-refractivity contribution < 1.29 is 19.1 Å². The van der Waals surface area contributed by atoms with Crippen molar-refractivity contribution in [2.75, 3.05) is 0 Å². The van der Waals surface area contributed by atoms with Gasteiger partial charge in [-0.05, 0) is 24.3 Å². The molecule has 0 bridgehead atoms. The van der Waals surface area contributed by atoms with E-state index in [1.54, 1.807) is 19.9 Å². The summed E-state index contributed by atoms with van der Waals surface area (Å²) in [5.74, 6) is -1.31. The predicted molar refractivity (Wildman–Crippen MR) is 98.9 cm³/mol. The minimum Gasteiger partial charge on any atom is -0.445 e. The van der Waals surface area contributed by atoms with Gasteiger partial charge in [-0.25, -0.2) is 4.79 Å². The van der Waals surface area contributed by atoms with Crippen LogP contribution in [0.3, 0.4) is 0 Å². The Morgan fingerprint density at radius 2 is 1.85 bits per heavy atom. The maximum Gasteiger partial charge on any atom is 0.408 e. The van der Waals surface area contributed by atoms with Gasteiger partial charge in [-0.1, -0.05) is 50.3 Å². The topological polar surface area (TPSA) is 111 Å². The zero-order chi connectivity index (χ0) is 19.5. The Morgan fingerprint density at radius 3 is 2.38 bits per heavy atom. The Hall–Kier alpha value is -2.83. The van der Waals surface area contributed by atoms with Gasteiger partial charge in [0.2, 0.25) is 11.8 Å². The maximum atomic E-state index is 12.5. The Morgan fingerprint density at radius 1 is 1.19 bits per heavy atom. The predicted octanol–water partition coefficient (Wildman–Crippen LogP) is 1.87. The molecule has 7 nitrogen and oxygen atoms in total. The van der Waals surface area contributed by atoms with E-state index in [1.165, 1.54) is 0 Å². The Bertz CT molecular complexity index is 616. The van der Waals surface area contributed by atoms with Crippen molar-refractivity contribution in [3.63, 3.8) is 0 Å². The summed E-state index contributed by atoms with van der Waals surface area (Å²) in [6, 6.07) is 7.55. The lowest BCUT2D eigenvalue weighted by atomic mass is 10.0. The summed E-state index contributed by atoms with van der Waals surface area (Å²) in [6.45, 7) is 7.25. The van der Waals surface area contributed by atoms with Gasteiger partial charge in [0, 0.05) is 0 Å². The smallest absolute Gasteiger partial charge is 0.408 e. The molecule has 7 heteroatoms. The van der Waals surface area contributed by atoms with Crippen LogP contribution in [0.2, 0.25) is 0 Å². The molecule has 0 saturated carbocycles. The monoisotopic (exact) mass is 361 g/mol. The Labute approximate surface area is 154 Å². The molecule has 1 aromatic rings. The summed E-state index contributed by atoms with van der Waals surface area (Å²) < 4.78 is 5.14. The first-order valence-electron chi connectivity index (χ1n) is 8.53. The highest BCUT2D eigenvalue weighted by Crippen LogP contribution is 2.06. The van der Waals surface area contributed by atoms with Gasteiger partial charge in [-0.15, -0.1) is 6.58 Å². The molecule has 0 aliphatic rings. The van der Waals surface area contributed by atoms with E-state index in [0.717, 1.165) is 5.56 Å². The average molecular weight is 361 g/mol. The van der Waals surface area contributed by atoms with Gasteiger partial charge in [0.15, 0.2) is 0 Å². The molecule has 0 fully saturated rings. The lowest BCUT2D eigenvalue weighted by molar-refractivity contribution is -0.129. The van der Waals surface area contributed by atoms with Crippen molar-refractivity contribution in [1.82, 2.24) is 10.6 Å². The first-order valence-corrected chi connectivity index (χ1v) is 8.53. The molecule has 0 unspecified atom stereocenters. The number of ether oxygens (including phenoxy) is 1. The first kappa shape index (κ1) is 21.2. The van der Waals surface area contributed by atoms with Crippen molar-refractivity contribution in [1.29, 1.82) is 0 Å². The number of carbonyl (C=O) groups is 3. The number of carbonyl (C=O) groups excluding carboxylic acids is 3. The number of primary amides is 1. The second-order valence-electron chi connectivity index (χ2n) is 6.26. The van der Waals surface area contributed by atoms with E-state index in [-0.39, 0.29) is 12.5 Å². The minimum absolute atomic E-state index is 0.0996. The van der Waals surface area contributed by atoms with Crippen LogP contribution in [0, 0.1) is 5.92 Å². The number of hydrogen-bond donors (Lipinski definition) is 3. The van der Waals surface area contributed by atoms with Gasteiger partial charge >= 0.3 is 6.09 Å². The summed E-state index contributed by atoms with van der Waals surface area (Å²) in [4.78, 5) is 35.9. The highest BCUT2D eigenvalue weighted by molar-refractivity contribution is 5.90. The second kappa shape index (κ2) is 10.9. The number of benzene rings is 1. The quantitative estimate of drug-likeness (QED) is 0.553. The molecule has 1 aromatic carbocycles. The summed E-state index contributed by atoms with van der Waals surface area (Å²) in [7, 11) is 0. The normalized spacial score (nSPS) is 12.7. The zero-order valence-electron chi connectivity index (χ0n) is 15.2. The van der Waals surface area contributed by atoms with Crippen molar-refractivity contribution in [2.45, 2.75) is 45.4 Å². The van der Waals surface area contributed by atoms with Gasteiger partial charge in [0.1, 0.15) is 18.7 Å². The zero-order valence-corrected chi connectivity index (χ0v) is 15.2. The van der Waals surface area contributed by atoms with E-state index in [9.17, 15) is 14.4 Å². The van der Waals surface area contributed by atoms with Gasteiger partial charge in [0.25, 0.3) is 0 Å². The highest BCUT2D eigenvalue weighted by Gasteiger charge is 2.28. The molecular formula is C19H27N3O4. The molecule has 1 rings (SSSR count). The van der Waals surface area contributed by atoms with E-state index < -0.39 is 30.0 Å². The third-order valence-electron chi connectivity index (χ3n) is 3.75. The number of rotatable bonds is 10. The number of alkyl carbamates (subject to hydrolysis) is 1. The molecule has 0 saturated heterocycles. The lowest BCUT2D eigenvalue weighted by Gasteiger charge is -2.24. The molecule has 4 N–H and O–H groups in total. The largest absolute Gasteiger partial charge is 0.445 e. The standard InChI is InChI=1S/C19H27N3O4/c1-4-5-11-15(17(20)23)21-18(24)16(13(2)3)22-19(25)26-12-14-9-7-6-8-10-14/h4,6-10,13,15-16H,1,5,11-12H2,2-3H3,(H2,20,23)(H,21,24)(H,22,25)/t15-,16+/m1/s1. The first-order chi connectivity index (χ1) is 12.3. The minimum atomic E-state index is -0.844. The molecule has 0 aromatic heterocycles. The second-order valence-corrected chi connectivity index (χ2v) is 6.26. The van der Waals surface area contributed by atoms with Gasteiger partial charge in [0.05, 0.1) is 0 Å². The maximum absolute atomic E-state index is 12.5. The third kappa shape index (κ3) is 7.38. The molecule has 0 heterocycles. The molecule has 2 atom stereocenters. The third-order valence-corrected chi connectivity index (χ3v) is 3.75. The SMILES string of the molecule is C=CCC[C@@H](NC(=O)[C@@H](NC(=O)OCc1ccccc1)C(C)C)C(N)=O. The summed E-state index contributed by atoms with van der Waals surface area (Å²) in [5.41, 5.74) is 6.15. The number of nitrogens with one attached hydrogen (secondary N) is 2. The lowest BCUT2D eigenvalue weighted by Crippen LogP contribution is -2.54. The van der Waals surface area contributed by atoms with Crippen LogP contribution in [0.1, 0.15) is 32.3 Å². The van der Waals surface area contributed by atoms with E-state index in [0.29, 0.717) is 12.8 Å². The highest BCUT2D eigenvalue weighted by atomic mass is 16.5. The molecule has 26 heavy (non-hydrogen) atoms. The van der Waals surface area contributed by atoms with Crippen LogP contribution in [0.25, 0.3) is 0 Å². The number of hydrogen-bond acceptors (Lipinski definition) is 4. The fourth-order valence-electron chi connectivity index (χ4n) is 2.26. The van der Waals surface area contributed by atoms with Crippen LogP contribution < -0.4 is 16.4 Å². The van der Waals surface area contributed by atoms with Gasteiger partial charge in [-0.3, -0.25) is 9.59 Å². The molecule has 142 valence electrons. The summed E-state index contributed by atoms with van der Waals surface area (Å²) >= 11 is 0. The number of amides is 3. The van der Waals surface area contributed by atoms with Crippen LogP contribution in [0.5, 0.6) is 0 Å². The number of nitrogens with two attached hydrogens (primary N) is 1. The Balaban J connectivity index is 2.62. The van der Waals surface area contributed by atoms with Crippen LogP contribution in [0.15, 0.2) is 43.0 Å². The summed E-state index contributed by atoms with van der Waals surface area (Å²) in [5, 5.41) is 5.12. The van der Waals surface area contributed by atoms with E-state index in [4.69, 9.17) is 10.5 Å². The van der Waals surface area contributed by atoms with Crippen molar-refractivity contribution >= 4 is 17.9 Å². The molecule has 0 radical (unpaired) electrons. The van der Waals surface area contributed by atoms with E-state index in [2.05, 4.69) is 17.2 Å². The van der Waals surface area contributed by atoms with E-state index in [1.807, 2.05) is 30.3 Å². The fourth-order valence-corrected chi connectivity index (χ4v) is 2.26. The van der Waals surface area contributed by atoms with Crippen molar-refractivity contribution in [2.24, 2.45) is 11.7 Å². The van der Waals surface area contributed by atoms with Crippen LogP contribution in [0.4, 0.5) is 4.79 Å². The molecular weight excluding hydrogens is 334 g/mol.